The van der Waals surface area contributed by atoms with Gasteiger partial charge in [-0.25, -0.2) is 8.78 Å². The van der Waals surface area contributed by atoms with Gasteiger partial charge in [-0.1, -0.05) is 42.2 Å². The molecule has 0 aliphatic heterocycles. The highest BCUT2D eigenvalue weighted by Crippen LogP contribution is 2.23. The molecule has 0 aliphatic carbocycles. The fourth-order valence-corrected chi connectivity index (χ4v) is 3.73. The summed E-state index contributed by atoms with van der Waals surface area (Å²) < 4.78 is 25.5. The standard InChI is InChI=1S/C9H7FN2OS.C6H6BFO2.C3H3BrN2OS.CH4/c10-7-3-1-6(2-4-7)9-12-11-8(5-13)14-9;8-6-3-1-5(2-4-6)7(9)10;4-3-6-5-2(1-7)8-3;/h1-4,13H,5H2;1-4,9-10H;7H,1H2;1H4. The molecule has 0 fully saturated rings. The Hall–Kier alpha value is -2.20. The van der Waals surface area contributed by atoms with Crippen LogP contribution in [0, 0.1) is 11.6 Å². The molecule has 0 radical (unpaired) electrons. The van der Waals surface area contributed by atoms with Crippen molar-refractivity contribution in [1.29, 1.82) is 0 Å². The van der Waals surface area contributed by atoms with Crippen LogP contribution in [-0.4, -0.2) is 47.8 Å². The monoisotopic (exact) mass is 560 g/mol. The molecular weight excluding hydrogens is 541 g/mol. The smallest absolute Gasteiger partial charge is 0.423 e. The molecule has 2 aromatic heterocycles. The van der Waals surface area contributed by atoms with E-state index in [2.05, 4.69) is 36.3 Å². The van der Waals surface area contributed by atoms with Crippen LogP contribution < -0.4 is 5.46 Å². The highest BCUT2D eigenvalue weighted by Gasteiger charge is 2.09. The molecular formula is C19H20BBrF2N4O4S2. The minimum Gasteiger partial charge on any atom is -0.423 e. The van der Waals surface area contributed by atoms with Crippen LogP contribution in [0.15, 0.2) is 52.4 Å². The molecule has 0 saturated heterocycles. The van der Waals surface area contributed by atoms with Crippen LogP contribution in [0.1, 0.15) is 17.4 Å². The third kappa shape index (κ3) is 10.1. The maximum Gasteiger partial charge on any atom is 0.488 e. The Labute approximate surface area is 205 Å². The number of aromatic nitrogens is 4. The summed E-state index contributed by atoms with van der Waals surface area (Å²) in [4.78, 5) is 0. The Bertz CT molecular complexity index is 1090. The maximum absolute atomic E-state index is 12.6. The van der Waals surface area contributed by atoms with Crippen LogP contribution in [0.2, 0.25) is 0 Å². The molecule has 176 valence electrons. The lowest BCUT2D eigenvalue weighted by molar-refractivity contribution is 0.280. The number of benzene rings is 2. The minimum absolute atomic E-state index is 0. The number of aliphatic hydroxyl groups excluding tert-OH is 2. The summed E-state index contributed by atoms with van der Waals surface area (Å²) in [5.41, 5.74) is 1.10. The summed E-state index contributed by atoms with van der Waals surface area (Å²) in [5.74, 6) is -0.662. The predicted octanol–water partition coefficient (Wildman–Crippen LogP) is 2.77. The van der Waals surface area contributed by atoms with Crippen molar-refractivity contribution in [3.8, 4) is 10.6 Å². The molecule has 2 aromatic carbocycles. The third-order valence-corrected chi connectivity index (χ3v) is 5.74. The second kappa shape index (κ2) is 14.9. The molecule has 4 N–H and O–H groups in total. The van der Waals surface area contributed by atoms with Crippen LogP contribution in [0.5, 0.6) is 0 Å². The molecule has 0 atom stereocenters. The van der Waals surface area contributed by atoms with Gasteiger partial charge < -0.3 is 20.3 Å². The van der Waals surface area contributed by atoms with Gasteiger partial charge in [0.2, 0.25) is 0 Å². The lowest BCUT2D eigenvalue weighted by atomic mass is 9.80. The van der Waals surface area contributed by atoms with E-state index in [4.69, 9.17) is 20.3 Å². The van der Waals surface area contributed by atoms with E-state index in [1.54, 1.807) is 12.1 Å². The van der Waals surface area contributed by atoms with E-state index in [0.29, 0.717) is 24.4 Å². The summed E-state index contributed by atoms with van der Waals surface area (Å²) in [6.45, 7) is -0.137. The molecule has 2 heterocycles. The van der Waals surface area contributed by atoms with Crippen LogP contribution in [-0.2, 0) is 13.2 Å². The lowest BCUT2D eigenvalue weighted by Crippen LogP contribution is -2.29. The van der Waals surface area contributed by atoms with Crippen LogP contribution in [0.3, 0.4) is 0 Å². The van der Waals surface area contributed by atoms with Crippen molar-refractivity contribution in [3.63, 3.8) is 0 Å². The van der Waals surface area contributed by atoms with Crippen molar-refractivity contribution in [1.82, 2.24) is 20.4 Å². The molecule has 4 rings (SSSR count). The summed E-state index contributed by atoms with van der Waals surface area (Å²) in [7, 11) is -1.51. The number of aliphatic hydroxyl groups is 2. The Morgan fingerprint density at radius 2 is 1.24 bits per heavy atom. The number of nitrogens with zero attached hydrogens (tertiary/aromatic N) is 4. The normalized spacial score (nSPS) is 9.67. The zero-order chi connectivity index (χ0) is 23.5. The highest BCUT2D eigenvalue weighted by atomic mass is 79.9. The zero-order valence-corrected chi connectivity index (χ0v) is 19.4. The number of hydrogen-bond donors (Lipinski definition) is 4. The number of halogens is 3. The Morgan fingerprint density at radius 3 is 1.64 bits per heavy atom. The zero-order valence-electron chi connectivity index (χ0n) is 16.1. The average molecular weight is 561 g/mol. The van der Waals surface area contributed by atoms with Crippen molar-refractivity contribution in [3.05, 3.63) is 74.1 Å². The van der Waals surface area contributed by atoms with Crippen LogP contribution in [0.25, 0.3) is 10.6 Å². The van der Waals surface area contributed by atoms with Gasteiger partial charge in [0.15, 0.2) is 3.92 Å². The quantitative estimate of drug-likeness (QED) is 0.280. The Balaban J connectivity index is 0.000000255. The average Bonchev–Trinajstić information content (AvgIpc) is 3.44. The van der Waals surface area contributed by atoms with E-state index in [-0.39, 0.29) is 32.3 Å². The first kappa shape index (κ1) is 28.8. The van der Waals surface area contributed by atoms with Crippen molar-refractivity contribution >= 4 is 51.2 Å². The lowest BCUT2D eigenvalue weighted by Gasteiger charge is -1.95. The second-order valence-electron chi connectivity index (χ2n) is 5.70. The van der Waals surface area contributed by atoms with E-state index in [0.717, 1.165) is 5.56 Å². The predicted molar refractivity (Wildman–Crippen MR) is 128 cm³/mol. The van der Waals surface area contributed by atoms with E-state index in [1.807, 2.05) is 0 Å². The molecule has 8 nitrogen and oxygen atoms in total. The van der Waals surface area contributed by atoms with Gasteiger partial charge in [-0.3, -0.25) is 0 Å². The van der Waals surface area contributed by atoms with Gasteiger partial charge in [0.25, 0.3) is 0 Å². The Kier molecular flexibility index (Phi) is 13.0. The maximum atomic E-state index is 12.6. The van der Waals surface area contributed by atoms with Gasteiger partial charge >= 0.3 is 7.12 Å². The van der Waals surface area contributed by atoms with E-state index >= 15 is 0 Å². The van der Waals surface area contributed by atoms with Gasteiger partial charge in [-0.2, -0.15) is 0 Å². The van der Waals surface area contributed by atoms with Gasteiger partial charge in [-0.05, 0) is 57.8 Å². The molecule has 33 heavy (non-hydrogen) atoms. The van der Waals surface area contributed by atoms with Crippen molar-refractivity contribution in [2.45, 2.75) is 20.6 Å². The molecule has 0 spiro atoms. The van der Waals surface area contributed by atoms with E-state index in [1.165, 1.54) is 59.1 Å². The summed E-state index contributed by atoms with van der Waals surface area (Å²) in [6, 6.07) is 11.0. The Morgan fingerprint density at radius 1 is 0.758 bits per heavy atom. The van der Waals surface area contributed by atoms with Crippen molar-refractivity contribution < 1.29 is 29.0 Å². The number of rotatable bonds is 4. The molecule has 0 saturated carbocycles. The van der Waals surface area contributed by atoms with Crippen molar-refractivity contribution in [2.24, 2.45) is 0 Å². The molecule has 0 aliphatic rings. The molecule has 14 heteroatoms. The minimum atomic E-state index is -1.51. The van der Waals surface area contributed by atoms with Gasteiger partial charge in [0.1, 0.15) is 26.7 Å². The highest BCUT2D eigenvalue weighted by molar-refractivity contribution is 9.11. The first-order chi connectivity index (χ1) is 15.3. The van der Waals surface area contributed by atoms with Gasteiger partial charge in [0.05, 0.1) is 13.2 Å². The van der Waals surface area contributed by atoms with Crippen LogP contribution >= 0.6 is 38.6 Å². The second-order valence-corrected chi connectivity index (χ2v) is 9.10. The number of hydrogen-bond acceptors (Lipinski definition) is 10. The molecule has 4 aromatic rings. The first-order valence-electron chi connectivity index (χ1n) is 8.72. The molecule has 0 unspecified atom stereocenters. The fourth-order valence-electron chi connectivity index (χ4n) is 1.96. The summed E-state index contributed by atoms with van der Waals surface area (Å²) >= 11 is 5.74. The largest absolute Gasteiger partial charge is 0.488 e. The van der Waals surface area contributed by atoms with Gasteiger partial charge in [-0.15, -0.1) is 20.4 Å². The van der Waals surface area contributed by atoms with E-state index < -0.39 is 7.12 Å². The van der Waals surface area contributed by atoms with Gasteiger partial charge in [0, 0.05) is 5.56 Å². The third-order valence-electron chi connectivity index (χ3n) is 3.44. The topological polar surface area (TPSA) is 132 Å². The van der Waals surface area contributed by atoms with E-state index in [9.17, 15) is 8.78 Å². The molecule has 0 amide bonds. The SMILES string of the molecule is C.OB(O)c1ccc(F)cc1.OCc1nnc(-c2ccc(F)cc2)s1.OCc1nnc(Br)s1. The first-order valence-corrected chi connectivity index (χ1v) is 11.1. The fraction of sp³-hybridized carbons (Fsp3) is 0.158. The summed E-state index contributed by atoms with van der Waals surface area (Å²) in [5, 5.41) is 51.1. The summed E-state index contributed by atoms with van der Waals surface area (Å²) in [6.07, 6.45) is 0. The molecule has 0 bridgehead atoms. The van der Waals surface area contributed by atoms with Crippen molar-refractivity contribution in [2.75, 3.05) is 0 Å². The van der Waals surface area contributed by atoms with Crippen LogP contribution in [0.4, 0.5) is 8.78 Å².